The fourth-order valence-electron chi connectivity index (χ4n) is 6.40. The van der Waals surface area contributed by atoms with Gasteiger partial charge in [-0.1, -0.05) is 12.1 Å². The van der Waals surface area contributed by atoms with E-state index < -0.39 is 0 Å². The Morgan fingerprint density at radius 3 is 2.31 bits per heavy atom. The van der Waals surface area contributed by atoms with Crippen LogP contribution < -0.4 is 10.6 Å². The SMILES string of the molecule is C[C@H]([NH2+][C@H](C)C12CC3CC(CC(C3)C1)C2)C(=O)Nc1ccccc1C#N. The summed E-state index contributed by atoms with van der Waals surface area (Å²) >= 11 is 0. The van der Waals surface area contributed by atoms with Crippen molar-refractivity contribution in [3.05, 3.63) is 29.8 Å². The Kier molecular flexibility index (Phi) is 4.52. The minimum absolute atomic E-state index is 0.00993. The summed E-state index contributed by atoms with van der Waals surface area (Å²) < 4.78 is 0. The first kappa shape index (κ1) is 17.5. The van der Waals surface area contributed by atoms with Crippen LogP contribution in [-0.2, 0) is 4.79 Å². The number of para-hydroxylation sites is 1. The van der Waals surface area contributed by atoms with E-state index in [0.29, 0.717) is 22.7 Å². The summed E-state index contributed by atoms with van der Waals surface area (Å²) in [6, 6.07) is 9.68. The Morgan fingerprint density at radius 1 is 1.15 bits per heavy atom. The lowest BCUT2D eigenvalue weighted by Crippen LogP contribution is -2.98. The topological polar surface area (TPSA) is 69.5 Å². The molecule has 0 aromatic heterocycles. The number of quaternary nitrogens is 1. The molecule has 2 atom stereocenters. The van der Waals surface area contributed by atoms with Gasteiger partial charge in [0.15, 0.2) is 6.04 Å². The maximum absolute atomic E-state index is 12.7. The van der Waals surface area contributed by atoms with Gasteiger partial charge in [0.2, 0.25) is 0 Å². The van der Waals surface area contributed by atoms with Crippen LogP contribution in [0.25, 0.3) is 0 Å². The van der Waals surface area contributed by atoms with Crippen LogP contribution in [0.2, 0.25) is 0 Å². The number of benzene rings is 1. The standard InChI is InChI=1S/C22H29N3O/c1-14(21(26)25-20-6-4-3-5-19(20)13-23)24-15(2)22-10-16-7-17(11-22)9-18(8-16)12-22/h3-6,14-18,24H,7-12H2,1-2H3,(H,25,26)/p+1/t14-,15+,16?,17?,18?,22?/m0/s1. The van der Waals surface area contributed by atoms with Gasteiger partial charge < -0.3 is 10.6 Å². The van der Waals surface area contributed by atoms with Crippen LogP contribution in [0, 0.1) is 34.5 Å². The van der Waals surface area contributed by atoms with E-state index in [4.69, 9.17) is 0 Å². The molecule has 4 fully saturated rings. The number of nitrogens with two attached hydrogens (primary N) is 1. The fraction of sp³-hybridized carbons (Fsp3) is 0.636. The fourth-order valence-corrected chi connectivity index (χ4v) is 6.40. The predicted molar refractivity (Wildman–Crippen MR) is 101 cm³/mol. The molecule has 0 spiro atoms. The maximum atomic E-state index is 12.7. The normalized spacial score (nSPS) is 34.1. The summed E-state index contributed by atoms with van der Waals surface area (Å²) in [6.45, 7) is 4.32. The zero-order valence-electron chi connectivity index (χ0n) is 15.9. The largest absolute Gasteiger partial charge is 0.334 e. The van der Waals surface area contributed by atoms with E-state index in [9.17, 15) is 10.1 Å². The molecule has 4 saturated carbocycles. The number of hydrogen-bond donors (Lipinski definition) is 2. The second-order valence-electron chi connectivity index (χ2n) is 9.20. The number of carbonyl (C=O) groups excluding carboxylic acids is 1. The van der Waals surface area contributed by atoms with E-state index in [1.807, 2.05) is 19.1 Å². The molecule has 138 valence electrons. The molecule has 0 unspecified atom stereocenters. The molecule has 0 heterocycles. The molecular formula is C22H30N3O+. The van der Waals surface area contributed by atoms with Crippen LogP contribution >= 0.6 is 0 Å². The average molecular weight is 353 g/mol. The van der Waals surface area contributed by atoms with Crippen molar-refractivity contribution in [2.24, 2.45) is 23.2 Å². The number of carbonyl (C=O) groups is 1. The van der Waals surface area contributed by atoms with Crippen molar-refractivity contribution < 1.29 is 10.1 Å². The first-order valence-electron chi connectivity index (χ1n) is 10.1. The van der Waals surface area contributed by atoms with Gasteiger partial charge in [-0.15, -0.1) is 0 Å². The van der Waals surface area contributed by atoms with E-state index in [-0.39, 0.29) is 11.9 Å². The number of nitriles is 1. The van der Waals surface area contributed by atoms with Gasteiger partial charge in [0.25, 0.3) is 5.91 Å². The van der Waals surface area contributed by atoms with Crippen LogP contribution in [-0.4, -0.2) is 18.0 Å². The van der Waals surface area contributed by atoms with E-state index in [0.717, 1.165) is 17.8 Å². The molecule has 1 amide bonds. The van der Waals surface area contributed by atoms with Crippen molar-refractivity contribution in [1.82, 2.24) is 0 Å². The van der Waals surface area contributed by atoms with E-state index in [1.165, 1.54) is 38.5 Å². The minimum Gasteiger partial charge on any atom is -0.334 e. The number of nitrogens with one attached hydrogen (secondary N) is 1. The summed E-state index contributed by atoms with van der Waals surface area (Å²) in [5.74, 6) is 2.79. The second kappa shape index (κ2) is 6.70. The highest BCUT2D eigenvalue weighted by Gasteiger charge is 2.54. The van der Waals surface area contributed by atoms with Gasteiger partial charge in [0.1, 0.15) is 6.07 Å². The van der Waals surface area contributed by atoms with Crippen LogP contribution in [0.3, 0.4) is 0 Å². The Labute approximate surface area is 156 Å². The van der Waals surface area contributed by atoms with Crippen LogP contribution in [0.15, 0.2) is 24.3 Å². The summed E-state index contributed by atoms with van der Waals surface area (Å²) in [6.07, 6.45) is 8.44. The highest BCUT2D eigenvalue weighted by molar-refractivity contribution is 5.94. The molecule has 0 saturated heterocycles. The number of hydrogen-bond acceptors (Lipinski definition) is 2. The van der Waals surface area contributed by atoms with Crippen molar-refractivity contribution in [1.29, 1.82) is 5.26 Å². The van der Waals surface area contributed by atoms with Gasteiger partial charge >= 0.3 is 0 Å². The maximum Gasteiger partial charge on any atom is 0.282 e. The molecule has 26 heavy (non-hydrogen) atoms. The zero-order chi connectivity index (χ0) is 18.3. The zero-order valence-corrected chi connectivity index (χ0v) is 15.9. The van der Waals surface area contributed by atoms with Crippen molar-refractivity contribution in [2.45, 2.75) is 64.5 Å². The quantitative estimate of drug-likeness (QED) is 0.855. The molecule has 4 aliphatic carbocycles. The second-order valence-corrected chi connectivity index (χ2v) is 9.20. The number of rotatable bonds is 5. The summed E-state index contributed by atoms with van der Waals surface area (Å²) in [5.41, 5.74) is 1.57. The van der Waals surface area contributed by atoms with Gasteiger partial charge in [0, 0.05) is 5.41 Å². The Hall–Kier alpha value is -1.86. The third kappa shape index (κ3) is 3.14. The number of nitrogens with zero attached hydrogens (tertiary/aromatic N) is 1. The molecule has 4 aliphatic rings. The molecule has 4 bridgehead atoms. The van der Waals surface area contributed by atoms with Gasteiger partial charge in [0.05, 0.1) is 17.3 Å². The minimum atomic E-state index is -0.148. The van der Waals surface area contributed by atoms with Gasteiger partial charge in [-0.3, -0.25) is 4.79 Å². The summed E-state index contributed by atoms with van der Waals surface area (Å²) in [5, 5.41) is 14.4. The van der Waals surface area contributed by atoms with Crippen LogP contribution in [0.4, 0.5) is 5.69 Å². The van der Waals surface area contributed by atoms with E-state index >= 15 is 0 Å². The molecule has 3 N–H and O–H groups in total. The number of anilines is 1. The molecule has 1 aromatic carbocycles. The Morgan fingerprint density at radius 2 is 1.73 bits per heavy atom. The lowest BCUT2D eigenvalue weighted by molar-refractivity contribution is -0.718. The monoisotopic (exact) mass is 352 g/mol. The number of amides is 1. The average Bonchev–Trinajstić information content (AvgIpc) is 2.61. The van der Waals surface area contributed by atoms with Crippen molar-refractivity contribution in [3.63, 3.8) is 0 Å². The molecule has 1 aromatic rings. The van der Waals surface area contributed by atoms with E-state index in [1.54, 1.807) is 12.1 Å². The molecule has 0 aliphatic heterocycles. The molecule has 0 radical (unpaired) electrons. The molecule has 4 heteroatoms. The smallest absolute Gasteiger partial charge is 0.282 e. The van der Waals surface area contributed by atoms with Crippen molar-refractivity contribution in [3.8, 4) is 6.07 Å². The highest BCUT2D eigenvalue weighted by Crippen LogP contribution is 2.60. The predicted octanol–water partition coefficient (Wildman–Crippen LogP) is 3.05. The van der Waals surface area contributed by atoms with Crippen molar-refractivity contribution >= 4 is 11.6 Å². The third-order valence-electron chi connectivity index (χ3n) is 7.35. The van der Waals surface area contributed by atoms with E-state index in [2.05, 4.69) is 23.6 Å². The first-order valence-corrected chi connectivity index (χ1v) is 10.1. The Bertz CT molecular complexity index is 700. The van der Waals surface area contributed by atoms with Crippen LogP contribution in [0.5, 0.6) is 0 Å². The van der Waals surface area contributed by atoms with Gasteiger partial charge in [-0.2, -0.15) is 5.26 Å². The first-order chi connectivity index (χ1) is 12.5. The third-order valence-corrected chi connectivity index (χ3v) is 7.35. The molecular weight excluding hydrogens is 322 g/mol. The molecule has 4 nitrogen and oxygen atoms in total. The Balaban J connectivity index is 1.40. The lowest BCUT2D eigenvalue weighted by Gasteiger charge is -2.58. The summed E-state index contributed by atoms with van der Waals surface area (Å²) in [7, 11) is 0. The van der Waals surface area contributed by atoms with Gasteiger partial charge in [-0.05, 0) is 82.3 Å². The molecule has 5 rings (SSSR count). The van der Waals surface area contributed by atoms with Gasteiger partial charge in [-0.25, -0.2) is 0 Å². The summed E-state index contributed by atoms with van der Waals surface area (Å²) in [4.78, 5) is 12.7. The lowest BCUT2D eigenvalue weighted by atomic mass is 9.48. The van der Waals surface area contributed by atoms with Crippen molar-refractivity contribution in [2.75, 3.05) is 5.32 Å². The van der Waals surface area contributed by atoms with Crippen LogP contribution in [0.1, 0.15) is 57.9 Å². The highest BCUT2D eigenvalue weighted by atomic mass is 16.2.